The highest BCUT2D eigenvalue weighted by Crippen LogP contribution is 2.38. The Bertz CT molecular complexity index is 1420. The fourth-order valence-electron chi connectivity index (χ4n) is 3.50. The molecule has 1 amide bonds. The first kappa shape index (κ1) is 23.4. The molecule has 9 nitrogen and oxygen atoms in total. The van der Waals surface area contributed by atoms with E-state index in [1.165, 1.54) is 17.1 Å². The number of nitrogens with zero attached hydrogens (tertiary/aromatic N) is 3. The van der Waals surface area contributed by atoms with Gasteiger partial charge in [-0.2, -0.15) is 15.2 Å². The van der Waals surface area contributed by atoms with Crippen molar-refractivity contribution in [3.63, 3.8) is 0 Å². The highest BCUT2D eigenvalue weighted by atomic mass is 19.1. The number of para-hydroxylation sites is 1. The van der Waals surface area contributed by atoms with Crippen LogP contribution in [0.1, 0.15) is 18.1 Å². The largest absolute Gasteiger partial charge is 0.511 e. The second-order valence-electron chi connectivity index (χ2n) is 7.85. The monoisotopic (exact) mass is 476 g/mol. The third kappa shape index (κ3) is 4.67. The van der Waals surface area contributed by atoms with Crippen LogP contribution in [0.25, 0.3) is 11.1 Å². The van der Waals surface area contributed by atoms with Gasteiger partial charge in [-0.05, 0) is 68.3 Å². The first-order valence-corrected chi connectivity index (χ1v) is 10.5. The molecule has 0 atom stereocenters. The first-order chi connectivity index (χ1) is 16.7. The summed E-state index contributed by atoms with van der Waals surface area (Å²) >= 11 is 0. The third-order valence-corrected chi connectivity index (χ3v) is 5.48. The lowest BCUT2D eigenvalue weighted by Crippen LogP contribution is -2.28. The number of hydrogen-bond acceptors (Lipinski definition) is 7. The lowest BCUT2D eigenvalue weighted by Gasteiger charge is -2.13. The molecule has 0 aliphatic carbocycles. The average Bonchev–Trinajstić information content (AvgIpc) is 3.09. The number of anilines is 2. The molecule has 0 unspecified atom stereocenters. The Morgan fingerprint density at radius 3 is 2.54 bits per heavy atom. The number of ether oxygens (including phenoxy) is 1. The minimum Gasteiger partial charge on any atom is -0.505 e. The molecule has 35 heavy (non-hydrogen) atoms. The lowest BCUT2D eigenvalue weighted by molar-refractivity contribution is -0.112. The number of rotatable bonds is 5. The number of carbonyl (C=O) groups excluding carboxylic acids is 1. The van der Waals surface area contributed by atoms with Gasteiger partial charge in [0, 0.05) is 11.1 Å². The van der Waals surface area contributed by atoms with Gasteiger partial charge in [0.25, 0.3) is 0 Å². The van der Waals surface area contributed by atoms with E-state index in [4.69, 9.17) is 5.11 Å². The van der Waals surface area contributed by atoms with Crippen molar-refractivity contribution in [1.29, 1.82) is 0 Å². The summed E-state index contributed by atoms with van der Waals surface area (Å²) in [6.07, 6.45) is -1.55. The van der Waals surface area contributed by atoms with Crippen molar-refractivity contribution in [2.75, 3.05) is 10.4 Å². The van der Waals surface area contributed by atoms with Crippen LogP contribution in [0.3, 0.4) is 0 Å². The Morgan fingerprint density at radius 1 is 1.06 bits per heavy atom. The summed E-state index contributed by atoms with van der Waals surface area (Å²) < 4.78 is 19.0. The predicted molar refractivity (Wildman–Crippen MR) is 130 cm³/mol. The zero-order valence-corrected chi connectivity index (χ0v) is 19.0. The number of carboxylic acid groups (broad SMARTS) is 1. The van der Waals surface area contributed by atoms with Crippen molar-refractivity contribution in [2.45, 2.75) is 20.8 Å². The van der Waals surface area contributed by atoms with Gasteiger partial charge in [-0.3, -0.25) is 10.2 Å². The number of carbonyl (C=O) groups is 2. The van der Waals surface area contributed by atoms with Crippen LogP contribution < -0.4 is 15.2 Å². The van der Waals surface area contributed by atoms with E-state index in [9.17, 15) is 19.1 Å². The van der Waals surface area contributed by atoms with Gasteiger partial charge in [0.1, 0.15) is 17.3 Å². The molecular formula is C25H21FN4O5. The van der Waals surface area contributed by atoms with Crippen LogP contribution in [0.4, 0.5) is 20.6 Å². The number of amides is 1. The van der Waals surface area contributed by atoms with Gasteiger partial charge in [0.15, 0.2) is 5.71 Å². The molecule has 3 N–H and O–H groups in total. The number of phenolic OH excluding ortho intramolecular Hbond substituents is 1. The molecule has 4 rings (SSSR count). The van der Waals surface area contributed by atoms with E-state index < -0.39 is 17.9 Å². The number of halogens is 1. The summed E-state index contributed by atoms with van der Waals surface area (Å²) in [7, 11) is 0. The number of aryl methyl sites for hydroxylation is 2. The van der Waals surface area contributed by atoms with Crippen molar-refractivity contribution in [3.8, 4) is 22.6 Å². The van der Waals surface area contributed by atoms with Crippen LogP contribution in [0, 0.1) is 19.7 Å². The third-order valence-electron chi connectivity index (χ3n) is 5.48. The molecule has 0 aromatic heterocycles. The molecule has 1 aliphatic heterocycles. The van der Waals surface area contributed by atoms with E-state index in [0.717, 1.165) is 29.3 Å². The molecule has 0 radical (unpaired) electrons. The number of hydrazone groups is 2. The Morgan fingerprint density at radius 2 is 1.83 bits per heavy atom. The van der Waals surface area contributed by atoms with Crippen LogP contribution in [-0.2, 0) is 4.79 Å². The van der Waals surface area contributed by atoms with Gasteiger partial charge < -0.3 is 14.9 Å². The number of nitrogens with one attached hydrogen (secondary N) is 1. The van der Waals surface area contributed by atoms with E-state index in [0.29, 0.717) is 11.4 Å². The summed E-state index contributed by atoms with van der Waals surface area (Å²) in [4.78, 5) is 23.7. The second kappa shape index (κ2) is 9.26. The SMILES string of the molecule is CC1=NN(c2ccc(C)c(C)c2)C(=O)C1=NNc1cccc(-c2cc(OC(=O)O)ccc2F)c1O. The smallest absolute Gasteiger partial charge is 0.505 e. The van der Waals surface area contributed by atoms with Crippen molar-refractivity contribution in [3.05, 3.63) is 71.5 Å². The summed E-state index contributed by atoms with van der Waals surface area (Å²) in [5.74, 6) is -1.60. The van der Waals surface area contributed by atoms with Gasteiger partial charge in [-0.15, -0.1) is 0 Å². The number of hydrogen-bond donors (Lipinski definition) is 3. The quantitative estimate of drug-likeness (QED) is 0.205. The maximum atomic E-state index is 14.5. The first-order valence-electron chi connectivity index (χ1n) is 10.5. The van der Waals surface area contributed by atoms with E-state index in [-0.39, 0.29) is 34.0 Å². The molecule has 3 aromatic carbocycles. The number of aromatic hydroxyl groups is 1. The summed E-state index contributed by atoms with van der Waals surface area (Å²) in [6, 6.07) is 13.4. The maximum absolute atomic E-state index is 14.5. The topological polar surface area (TPSA) is 124 Å². The number of phenols is 1. The van der Waals surface area contributed by atoms with Gasteiger partial charge in [0.05, 0.1) is 17.1 Å². The molecule has 0 fully saturated rings. The predicted octanol–water partition coefficient (Wildman–Crippen LogP) is 5.06. The van der Waals surface area contributed by atoms with Crippen molar-refractivity contribution in [2.24, 2.45) is 10.2 Å². The standard InChI is InChI=1S/C25H21FN4O5/c1-13-7-8-16(11-14(13)2)30-24(32)22(15(3)29-30)28-27-21-6-4-5-18(23(21)31)19-12-17(35-25(33)34)9-10-20(19)26/h4-12,27,31H,1-3H3,(H,33,34). The normalized spacial score (nSPS) is 14.3. The molecule has 1 heterocycles. The van der Waals surface area contributed by atoms with Gasteiger partial charge in [-0.1, -0.05) is 18.2 Å². The molecule has 0 saturated carbocycles. The van der Waals surface area contributed by atoms with Crippen LogP contribution in [-0.4, -0.2) is 33.7 Å². The molecule has 0 bridgehead atoms. The molecule has 1 aliphatic rings. The van der Waals surface area contributed by atoms with E-state index >= 15 is 0 Å². The molecule has 0 saturated heterocycles. The minimum absolute atomic E-state index is 0.0519. The molecule has 10 heteroatoms. The van der Waals surface area contributed by atoms with Gasteiger partial charge in [0.2, 0.25) is 0 Å². The Kier molecular flexibility index (Phi) is 6.20. The second-order valence-corrected chi connectivity index (χ2v) is 7.85. The van der Waals surface area contributed by atoms with Crippen LogP contribution in [0.5, 0.6) is 11.5 Å². The van der Waals surface area contributed by atoms with Crippen molar-refractivity contribution in [1.82, 2.24) is 0 Å². The van der Waals surface area contributed by atoms with Crippen molar-refractivity contribution < 1.29 is 28.9 Å². The summed E-state index contributed by atoms with van der Waals surface area (Å²) in [6.45, 7) is 5.55. The van der Waals surface area contributed by atoms with Gasteiger partial charge >= 0.3 is 12.1 Å². The van der Waals surface area contributed by atoms with Crippen LogP contribution in [0.2, 0.25) is 0 Å². The molecule has 0 spiro atoms. The molecular weight excluding hydrogens is 455 g/mol. The Hall–Kier alpha value is -4.73. The maximum Gasteiger partial charge on any atom is 0.511 e. The number of benzene rings is 3. The van der Waals surface area contributed by atoms with Crippen LogP contribution >= 0.6 is 0 Å². The van der Waals surface area contributed by atoms with Crippen molar-refractivity contribution >= 4 is 34.9 Å². The molecule has 178 valence electrons. The van der Waals surface area contributed by atoms with E-state index in [1.54, 1.807) is 19.1 Å². The Labute approximate surface area is 199 Å². The minimum atomic E-state index is -1.55. The molecule has 3 aromatic rings. The highest BCUT2D eigenvalue weighted by Gasteiger charge is 2.31. The lowest BCUT2D eigenvalue weighted by atomic mass is 10.0. The fraction of sp³-hybridized carbons (Fsp3) is 0.120. The zero-order chi connectivity index (χ0) is 25.3. The summed E-state index contributed by atoms with van der Waals surface area (Å²) in [5.41, 5.74) is 5.87. The van der Waals surface area contributed by atoms with E-state index in [1.807, 2.05) is 26.0 Å². The highest BCUT2D eigenvalue weighted by molar-refractivity contribution is 6.71. The zero-order valence-electron chi connectivity index (χ0n) is 19.0. The van der Waals surface area contributed by atoms with E-state index in [2.05, 4.69) is 20.4 Å². The summed E-state index contributed by atoms with van der Waals surface area (Å²) in [5, 5.41) is 29.2. The Balaban J connectivity index is 1.62. The average molecular weight is 476 g/mol. The van der Waals surface area contributed by atoms with Gasteiger partial charge in [-0.25, -0.2) is 9.18 Å². The van der Waals surface area contributed by atoms with Crippen LogP contribution in [0.15, 0.2) is 64.8 Å². The fourth-order valence-corrected chi connectivity index (χ4v) is 3.50.